The summed E-state index contributed by atoms with van der Waals surface area (Å²) in [4.78, 5) is 18.3. The molecule has 0 atom stereocenters. The molecule has 3 aromatic rings. The summed E-state index contributed by atoms with van der Waals surface area (Å²) in [6, 6.07) is 8.01. The molecule has 2 aromatic carbocycles. The van der Waals surface area contributed by atoms with E-state index in [-0.39, 0.29) is 5.78 Å². The molecule has 0 aliphatic carbocycles. The molecule has 1 fully saturated rings. The number of nitrogens with zero attached hydrogens (tertiary/aromatic N) is 3. The second kappa shape index (κ2) is 10.4. The monoisotopic (exact) mass is 517 g/mol. The van der Waals surface area contributed by atoms with E-state index in [0.717, 1.165) is 91.5 Å². The summed E-state index contributed by atoms with van der Waals surface area (Å²) in [6.45, 7) is 11.8. The smallest absolute Gasteiger partial charge is 0.232 e. The maximum atomic E-state index is 13.6. The fourth-order valence-electron chi connectivity index (χ4n) is 5.71. The molecule has 1 aromatic heterocycles. The van der Waals surface area contributed by atoms with Crippen LogP contribution in [-0.4, -0.2) is 73.4 Å². The second-order valence-corrected chi connectivity index (χ2v) is 10.2. The Kier molecular flexibility index (Phi) is 6.86. The van der Waals surface area contributed by atoms with Crippen LogP contribution in [0, 0.1) is 6.92 Å². The summed E-state index contributed by atoms with van der Waals surface area (Å²) in [5.41, 5.74) is 4.51. The highest BCUT2D eigenvalue weighted by Crippen LogP contribution is 2.44. The molecule has 6 rings (SSSR count). The summed E-state index contributed by atoms with van der Waals surface area (Å²) in [6.07, 6.45) is 4.99. The number of methoxy groups -OCH3 is 1. The van der Waals surface area contributed by atoms with Crippen molar-refractivity contribution in [1.29, 1.82) is 0 Å². The lowest BCUT2D eigenvalue weighted by molar-refractivity contribution is 0.0329. The number of hydrogen-bond donors (Lipinski definition) is 0. The van der Waals surface area contributed by atoms with E-state index < -0.39 is 0 Å². The lowest BCUT2D eigenvalue weighted by atomic mass is 9.98. The Morgan fingerprint density at radius 3 is 2.71 bits per heavy atom. The Hall–Kier alpha value is -3.33. The molecule has 0 radical (unpaired) electrons. The van der Waals surface area contributed by atoms with Gasteiger partial charge in [0, 0.05) is 55.4 Å². The van der Waals surface area contributed by atoms with E-state index in [4.69, 9.17) is 18.9 Å². The number of benzene rings is 2. The number of morpholine rings is 1. The lowest BCUT2D eigenvalue weighted by Crippen LogP contribution is -2.39. The highest BCUT2D eigenvalue weighted by atomic mass is 16.5. The standard InChI is InChI=1S/C30H35N3O5/c1-4-33-17-21(23-16-22(35-3)6-7-25(23)33)15-27-29(34)28-20(2)14-26-24(30(28)38-27)18-32(19-37-26)9-5-8-31-10-12-36-13-11-31/h6-7,14-17H,4-5,8-13,18-19H2,1-3H3/b27-15-. The first-order valence-corrected chi connectivity index (χ1v) is 13.5. The van der Waals surface area contributed by atoms with Gasteiger partial charge in [-0.1, -0.05) is 0 Å². The minimum absolute atomic E-state index is 0.0787. The van der Waals surface area contributed by atoms with Crippen LogP contribution in [0.2, 0.25) is 0 Å². The molecule has 1 saturated heterocycles. The minimum atomic E-state index is -0.0787. The summed E-state index contributed by atoms with van der Waals surface area (Å²) >= 11 is 0. The fourth-order valence-corrected chi connectivity index (χ4v) is 5.71. The van der Waals surface area contributed by atoms with Gasteiger partial charge < -0.3 is 23.5 Å². The number of rotatable bonds is 7. The maximum Gasteiger partial charge on any atom is 0.232 e. The van der Waals surface area contributed by atoms with Crippen LogP contribution in [0.5, 0.6) is 17.2 Å². The first kappa shape index (κ1) is 25.0. The molecule has 0 amide bonds. The van der Waals surface area contributed by atoms with Gasteiger partial charge in [-0.3, -0.25) is 14.6 Å². The average molecular weight is 518 g/mol. The van der Waals surface area contributed by atoms with Crippen molar-refractivity contribution in [2.24, 2.45) is 0 Å². The fraction of sp³-hybridized carbons (Fsp3) is 0.433. The summed E-state index contributed by atoms with van der Waals surface area (Å²) in [5.74, 6) is 2.51. The summed E-state index contributed by atoms with van der Waals surface area (Å²) in [5, 5.41) is 1.03. The molecule has 200 valence electrons. The Labute approximate surface area is 223 Å². The SMILES string of the molecule is CCn1cc(/C=C2\Oc3c4c(cc(C)c3C2=O)OCN(CCCN2CCOCC2)C4)c2cc(OC)ccc21. The molecule has 38 heavy (non-hydrogen) atoms. The summed E-state index contributed by atoms with van der Waals surface area (Å²) < 4.78 is 25.6. The molecule has 3 aliphatic rings. The third kappa shape index (κ3) is 4.57. The van der Waals surface area contributed by atoms with E-state index in [1.807, 2.05) is 31.2 Å². The zero-order valence-corrected chi connectivity index (χ0v) is 22.4. The van der Waals surface area contributed by atoms with Gasteiger partial charge in [0.25, 0.3) is 0 Å². The molecular formula is C30H35N3O5. The van der Waals surface area contributed by atoms with Crippen molar-refractivity contribution in [3.05, 3.63) is 58.5 Å². The normalized spacial score (nSPS) is 18.9. The van der Waals surface area contributed by atoms with Crippen LogP contribution in [0.4, 0.5) is 0 Å². The maximum absolute atomic E-state index is 13.6. The van der Waals surface area contributed by atoms with Gasteiger partial charge in [-0.05, 0) is 62.7 Å². The van der Waals surface area contributed by atoms with Crippen molar-refractivity contribution >= 4 is 22.8 Å². The number of hydrogen-bond acceptors (Lipinski definition) is 7. The van der Waals surface area contributed by atoms with Crippen LogP contribution in [0.15, 0.2) is 36.2 Å². The van der Waals surface area contributed by atoms with Crippen LogP contribution in [0.25, 0.3) is 17.0 Å². The highest BCUT2D eigenvalue weighted by Gasteiger charge is 2.35. The average Bonchev–Trinajstić information content (AvgIpc) is 3.47. The van der Waals surface area contributed by atoms with Gasteiger partial charge in [-0.15, -0.1) is 0 Å². The number of allylic oxidation sites excluding steroid dienone is 1. The van der Waals surface area contributed by atoms with Crippen molar-refractivity contribution in [3.63, 3.8) is 0 Å². The number of carbonyl (C=O) groups excluding carboxylic acids is 1. The highest BCUT2D eigenvalue weighted by molar-refractivity contribution is 6.16. The predicted molar refractivity (Wildman–Crippen MR) is 146 cm³/mol. The molecule has 8 nitrogen and oxygen atoms in total. The Bertz CT molecular complexity index is 1400. The van der Waals surface area contributed by atoms with Gasteiger partial charge in [0.15, 0.2) is 5.76 Å². The number of aromatic nitrogens is 1. The van der Waals surface area contributed by atoms with Crippen molar-refractivity contribution in [1.82, 2.24) is 14.4 Å². The van der Waals surface area contributed by atoms with Crippen molar-refractivity contribution in [2.75, 3.05) is 53.2 Å². The Balaban J connectivity index is 1.25. The van der Waals surface area contributed by atoms with Crippen LogP contribution < -0.4 is 14.2 Å². The number of aryl methyl sites for hydroxylation is 2. The van der Waals surface area contributed by atoms with Crippen LogP contribution >= 0.6 is 0 Å². The van der Waals surface area contributed by atoms with Crippen molar-refractivity contribution < 1.29 is 23.7 Å². The molecule has 8 heteroatoms. The van der Waals surface area contributed by atoms with Gasteiger partial charge in [0.1, 0.15) is 24.0 Å². The zero-order valence-electron chi connectivity index (χ0n) is 22.4. The lowest BCUT2D eigenvalue weighted by Gasteiger charge is -2.31. The van der Waals surface area contributed by atoms with E-state index in [9.17, 15) is 4.79 Å². The van der Waals surface area contributed by atoms with E-state index in [2.05, 4.69) is 33.6 Å². The molecule has 0 bridgehead atoms. The third-order valence-corrected chi connectivity index (χ3v) is 7.79. The topological polar surface area (TPSA) is 65.4 Å². The minimum Gasteiger partial charge on any atom is -0.497 e. The Morgan fingerprint density at radius 1 is 1.11 bits per heavy atom. The number of fused-ring (bicyclic) bond motifs is 4. The summed E-state index contributed by atoms with van der Waals surface area (Å²) in [7, 11) is 1.66. The first-order valence-electron chi connectivity index (χ1n) is 13.5. The number of Topliss-reactive ketones (excluding diaryl/α,β-unsaturated/α-hetero) is 1. The van der Waals surface area contributed by atoms with Crippen LogP contribution in [0.3, 0.4) is 0 Å². The predicted octanol–water partition coefficient (Wildman–Crippen LogP) is 4.47. The molecule has 0 unspecified atom stereocenters. The van der Waals surface area contributed by atoms with Gasteiger partial charge in [0.05, 0.1) is 31.5 Å². The zero-order chi connectivity index (χ0) is 26.2. The van der Waals surface area contributed by atoms with Gasteiger partial charge >= 0.3 is 0 Å². The molecule has 3 aliphatic heterocycles. The van der Waals surface area contributed by atoms with E-state index in [1.54, 1.807) is 7.11 Å². The van der Waals surface area contributed by atoms with E-state index in [0.29, 0.717) is 30.3 Å². The molecule has 0 saturated carbocycles. The Morgan fingerprint density at radius 2 is 1.92 bits per heavy atom. The van der Waals surface area contributed by atoms with Crippen LogP contribution in [-0.2, 0) is 17.8 Å². The van der Waals surface area contributed by atoms with Crippen LogP contribution in [0.1, 0.15) is 40.4 Å². The second-order valence-electron chi connectivity index (χ2n) is 10.2. The van der Waals surface area contributed by atoms with Gasteiger partial charge in [-0.25, -0.2) is 0 Å². The molecular weight excluding hydrogens is 482 g/mol. The number of ether oxygens (including phenoxy) is 4. The molecule has 0 spiro atoms. The molecule has 4 heterocycles. The van der Waals surface area contributed by atoms with Gasteiger partial charge in [0.2, 0.25) is 5.78 Å². The largest absolute Gasteiger partial charge is 0.497 e. The quantitative estimate of drug-likeness (QED) is 0.429. The number of ketones is 1. The first-order chi connectivity index (χ1) is 18.6. The molecule has 0 N–H and O–H groups in total. The van der Waals surface area contributed by atoms with Crippen molar-refractivity contribution in [3.8, 4) is 17.2 Å². The van der Waals surface area contributed by atoms with E-state index in [1.165, 1.54) is 0 Å². The van der Waals surface area contributed by atoms with Crippen molar-refractivity contribution in [2.45, 2.75) is 33.4 Å². The third-order valence-electron chi connectivity index (χ3n) is 7.79. The van der Waals surface area contributed by atoms with Gasteiger partial charge in [-0.2, -0.15) is 0 Å². The van der Waals surface area contributed by atoms with E-state index >= 15 is 0 Å². The number of carbonyl (C=O) groups is 1.